The Kier molecular flexibility index (Phi) is 10.1. The van der Waals surface area contributed by atoms with E-state index in [0.29, 0.717) is 40.3 Å². The SMILES string of the molecule is CC(Cc1cccc([C@@]2(C)CCCC(C)(C)CS(=O)CCc3c(c(F)c(F)c4[nH]ccc34)Sc3ccc(F)c(c3)-c3nc2nn3C)c1)C(=O)O. The van der Waals surface area contributed by atoms with Crippen LogP contribution in [0, 0.1) is 28.8 Å². The molecular formula is C38H41F3N4O3S2. The number of halogens is 3. The molecule has 50 heavy (non-hydrogen) atoms. The summed E-state index contributed by atoms with van der Waals surface area (Å²) < 4.78 is 61.8. The quantitative estimate of drug-likeness (QED) is 0.193. The molecule has 3 atom stereocenters. The van der Waals surface area contributed by atoms with Crippen molar-refractivity contribution >= 4 is 39.4 Å². The van der Waals surface area contributed by atoms with E-state index in [-0.39, 0.29) is 39.4 Å². The number of hydrogen-bond acceptors (Lipinski definition) is 5. The predicted molar refractivity (Wildman–Crippen MR) is 191 cm³/mol. The highest BCUT2D eigenvalue weighted by molar-refractivity contribution is 7.99. The fraction of sp³-hybridized carbons (Fsp3) is 0.395. The molecule has 0 saturated heterocycles. The lowest BCUT2D eigenvalue weighted by Gasteiger charge is -2.30. The molecule has 0 amide bonds. The lowest BCUT2D eigenvalue weighted by Crippen LogP contribution is -2.28. The molecule has 264 valence electrons. The number of carbonyl (C=O) groups is 1. The van der Waals surface area contributed by atoms with Gasteiger partial charge in [-0.3, -0.25) is 9.00 Å². The number of H-pyrrole nitrogens is 1. The second kappa shape index (κ2) is 14.0. The monoisotopic (exact) mass is 722 g/mol. The minimum atomic E-state index is -1.25. The van der Waals surface area contributed by atoms with Gasteiger partial charge in [0, 0.05) is 45.8 Å². The smallest absolute Gasteiger partial charge is 0.306 e. The molecular weight excluding hydrogens is 682 g/mol. The van der Waals surface area contributed by atoms with E-state index in [1.807, 2.05) is 31.2 Å². The van der Waals surface area contributed by atoms with Gasteiger partial charge in [0.1, 0.15) is 5.82 Å². The highest BCUT2D eigenvalue weighted by Crippen LogP contribution is 2.42. The summed E-state index contributed by atoms with van der Waals surface area (Å²) in [6.45, 7) is 7.90. The molecule has 0 fully saturated rings. The van der Waals surface area contributed by atoms with Crippen LogP contribution in [0.25, 0.3) is 22.3 Å². The number of fused-ring (bicyclic) bond motifs is 8. The van der Waals surface area contributed by atoms with Crippen LogP contribution in [0.2, 0.25) is 0 Å². The number of benzene rings is 3. The van der Waals surface area contributed by atoms with Crippen LogP contribution in [0.1, 0.15) is 69.5 Å². The molecule has 0 aliphatic carbocycles. The van der Waals surface area contributed by atoms with Crippen LogP contribution in [0.15, 0.2) is 64.5 Å². The Labute approximate surface area is 296 Å². The van der Waals surface area contributed by atoms with Crippen molar-refractivity contribution in [3.63, 3.8) is 0 Å². The Morgan fingerprint density at radius 1 is 1.10 bits per heavy atom. The number of hydrogen-bond donors (Lipinski definition) is 2. The third-order valence-electron chi connectivity index (χ3n) is 9.80. The number of nitrogens with zero attached hydrogens (tertiary/aromatic N) is 3. The predicted octanol–water partition coefficient (Wildman–Crippen LogP) is 8.60. The van der Waals surface area contributed by atoms with Gasteiger partial charge in [-0.05, 0) is 79.0 Å². The maximum absolute atomic E-state index is 15.8. The summed E-state index contributed by atoms with van der Waals surface area (Å²) in [4.78, 5) is 19.9. The molecule has 0 radical (unpaired) electrons. The third-order valence-corrected chi connectivity index (χ3v) is 12.7. The van der Waals surface area contributed by atoms with Gasteiger partial charge in [-0.15, -0.1) is 0 Å². The molecule has 3 heterocycles. The zero-order valence-corrected chi connectivity index (χ0v) is 30.4. The van der Waals surface area contributed by atoms with E-state index < -0.39 is 45.6 Å². The van der Waals surface area contributed by atoms with Gasteiger partial charge in [0.05, 0.1) is 27.3 Å². The molecule has 0 saturated carbocycles. The van der Waals surface area contributed by atoms with Crippen LogP contribution in [-0.2, 0) is 40.9 Å². The number of nitrogens with one attached hydrogen (secondary N) is 1. The highest BCUT2D eigenvalue weighted by atomic mass is 32.2. The van der Waals surface area contributed by atoms with Crippen LogP contribution in [0.4, 0.5) is 13.2 Å². The van der Waals surface area contributed by atoms with Crippen LogP contribution in [0.3, 0.4) is 0 Å². The summed E-state index contributed by atoms with van der Waals surface area (Å²) in [6.07, 6.45) is 4.30. The Bertz CT molecular complexity index is 2110. The number of aromatic amines is 1. The Hall–Kier alpha value is -3.90. The Morgan fingerprint density at radius 3 is 2.64 bits per heavy atom. The van der Waals surface area contributed by atoms with E-state index in [2.05, 4.69) is 18.8 Å². The van der Waals surface area contributed by atoms with Crippen LogP contribution < -0.4 is 0 Å². The number of carboxylic acid groups (broad SMARTS) is 1. The summed E-state index contributed by atoms with van der Waals surface area (Å²) in [5.74, 6) is -2.52. The molecule has 2 N–H and O–H groups in total. The first kappa shape index (κ1) is 35.9. The zero-order valence-electron chi connectivity index (χ0n) is 28.8. The van der Waals surface area contributed by atoms with E-state index in [1.54, 1.807) is 32.3 Å². The Morgan fingerprint density at radius 2 is 1.88 bits per heavy atom. The van der Waals surface area contributed by atoms with Crippen LogP contribution in [0.5, 0.6) is 0 Å². The highest BCUT2D eigenvalue weighted by Gasteiger charge is 2.36. The van der Waals surface area contributed by atoms with E-state index in [1.165, 1.54) is 16.8 Å². The molecule has 1 aliphatic heterocycles. The average Bonchev–Trinajstić information content (AvgIpc) is 3.71. The zero-order chi connectivity index (χ0) is 36.0. The minimum Gasteiger partial charge on any atom is -0.481 e. The first-order valence-corrected chi connectivity index (χ1v) is 19.0. The van der Waals surface area contributed by atoms with Gasteiger partial charge in [0.2, 0.25) is 0 Å². The standard InChI is InChI=1S/C38H41F3N4O3S2/c1-22(35(46)47)18-23-8-6-9-24(19-23)38(4)15-7-14-37(2,3)21-50(48)17-13-27-26-12-16-42-32(26)30(40)31(41)33(27)49-25-10-11-29(39)28(20-25)34-43-36(38)44-45(34)5/h6,8-12,16,19-20,22,42H,7,13-15,17-18,21H2,1-5H3,(H,46,47)/t22?,38-,50?/m1/s1. The molecule has 6 rings (SSSR count). The lowest BCUT2D eigenvalue weighted by atomic mass is 9.75. The fourth-order valence-electron chi connectivity index (χ4n) is 6.92. The van der Waals surface area contributed by atoms with Crippen molar-refractivity contribution < 1.29 is 27.3 Å². The van der Waals surface area contributed by atoms with Crippen molar-refractivity contribution in [1.82, 2.24) is 19.7 Å². The van der Waals surface area contributed by atoms with Crippen LogP contribution >= 0.6 is 11.8 Å². The maximum atomic E-state index is 15.8. The molecule has 0 spiro atoms. The molecule has 1 aliphatic rings. The number of carboxylic acids is 1. The second-order valence-corrected chi connectivity index (χ2v) is 17.0. The second-order valence-electron chi connectivity index (χ2n) is 14.4. The molecule has 2 aromatic heterocycles. The lowest BCUT2D eigenvalue weighted by molar-refractivity contribution is -0.141. The third kappa shape index (κ3) is 7.14. The number of aromatic nitrogens is 4. The van der Waals surface area contributed by atoms with Gasteiger partial charge in [-0.1, -0.05) is 63.2 Å². The summed E-state index contributed by atoms with van der Waals surface area (Å²) in [5.41, 5.74) is 1.54. The van der Waals surface area contributed by atoms with Crippen molar-refractivity contribution in [2.45, 2.75) is 75.0 Å². The van der Waals surface area contributed by atoms with E-state index >= 15 is 13.2 Å². The minimum absolute atomic E-state index is 0.0616. The molecule has 3 aromatic carbocycles. The summed E-state index contributed by atoms with van der Waals surface area (Å²) >= 11 is 1.00. The summed E-state index contributed by atoms with van der Waals surface area (Å²) in [6, 6.07) is 13.9. The van der Waals surface area contributed by atoms with E-state index in [0.717, 1.165) is 35.7 Å². The molecule has 2 unspecified atom stereocenters. The number of aliphatic carboxylic acids is 1. The van der Waals surface area contributed by atoms with Gasteiger partial charge in [0.25, 0.3) is 0 Å². The van der Waals surface area contributed by atoms with E-state index in [4.69, 9.17) is 10.1 Å². The number of rotatable bonds is 4. The van der Waals surface area contributed by atoms with Crippen molar-refractivity contribution in [1.29, 1.82) is 0 Å². The molecule has 5 aromatic rings. The van der Waals surface area contributed by atoms with Crippen molar-refractivity contribution in [2.75, 3.05) is 11.5 Å². The van der Waals surface area contributed by atoms with Gasteiger partial charge in [-0.25, -0.2) is 22.8 Å². The van der Waals surface area contributed by atoms with Gasteiger partial charge in [0.15, 0.2) is 23.3 Å². The first-order chi connectivity index (χ1) is 23.7. The van der Waals surface area contributed by atoms with Gasteiger partial charge >= 0.3 is 5.97 Å². The first-order valence-electron chi connectivity index (χ1n) is 16.7. The Balaban J connectivity index is 1.49. The fourth-order valence-corrected chi connectivity index (χ4v) is 9.57. The van der Waals surface area contributed by atoms with E-state index in [9.17, 15) is 14.1 Å². The largest absolute Gasteiger partial charge is 0.481 e. The topological polar surface area (TPSA) is 101 Å². The average molecular weight is 723 g/mol. The normalized spacial score (nSPS) is 20.5. The van der Waals surface area contributed by atoms with Gasteiger partial charge in [-0.2, -0.15) is 5.10 Å². The summed E-state index contributed by atoms with van der Waals surface area (Å²) in [7, 11) is 0.448. The number of aryl methyl sites for hydroxylation is 2. The van der Waals surface area contributed by atoms with Crippen molar-refractivity contribution in [3.8, 4) is 11.4 Å². The van der Waals surface area contributed by atoms with Crippen molar-refractivity contribution in [3.05, 3.63) is 94.7 Å². The molecule has 12 heteroatoms. The summed E-state index contributed by atoms with van der Waals surface area (Å²) in [5, 5.41) is 14.9. The molecule has 7 nitrogen and oxygen atoms in total. The van der Waals surface area contributed by atoms with Gasteiger partial charge < -0.3 is 10.1 Å². The molecule has 4 bridgehead atoms. The van der Waals surface area contributed by atoms with Crippen LogP contribution in [-0.4, -0.2) is 46.5 Å². The maximum Gasteiger partial charge on any atom is 0.306 e. The van der Waals surface area contributed by atoms with Crippen molar-refractivity contribution in [2.24, 2.45) is 18.4 Å².